The van der Waals surface area contributed by atoms with Crippen molar-refractivity contribution < 1.29 is 13.9 Å². The maximum absolute atomic E-state index is 13.8. The Kier molecular flexibility index (Phi) is 4.00. The molecule has 0 atom stereocenters. The normalized spacial score (nSPS) is 9.76. The second-order valence-corrected chi connectivity index (χ2v) is 4.09. The van der Waals surface area contributed by atoms with Crippen molar-refractivity contribution >= 4 is 23.2 Å². The van der Waals surface area contributed by atoms with Crippen molar-refractivity contribution in [2.45, 2.75) is 0 Å². The Bertz CT molecular complexity index is 740. The van der Waals surface area contributed by atoms with Gasteiger partial charge in [-0.15, -0.1) is 0 Å². The Hall–Kier alpha value is -3.14. The maximum Gasteiger partial charge on any atom is 0.341 e. The first kappa shape index (κ1) is 14.3. The van der Waals surface area contributed by atoms with Crippen molar-refractivity contribution in [2.75, 3.05) is 18.2 Å². The highest BCUT2D eigenvalue weighted by molar-refractivity contribution is 5.96. The van der Waals surface area contributed by atoms with Gasteiger partial charge >= 0.3 is 5.97 Å². The van der Waals surface area contributed by atoms with E-state index in [1.807, 2.05) is 6.07 Å². The molecule has 0 aliphatic rings. The lowest BCUT2D eigenvalue weighted by Crippen LogP contribution is -2.09. The Morgan fingerprint density at radius 1 is 1.48 bits per heavy atom. The molecule has 7 heteroatoms. The Balaban J connectivity index is 2.40. The molecule has 0 unspecified atom stereocenters. The van der Waals surface area contributed by atoms with Crippen LogP contribution in [0.15, 0.2) is 30.5 Å². The van der Waals surface area contributed by atoms with Crippen LogP contribution in [0.1, 0.15) is 15.9 Å². The minimum absolute atomic E-state index is 0.0800. The molecule has 1 aromatic carbocycles. The first-order chi connectivity index (χ1) is 10.0. The zero-order valence-corrected chi connectivity index (χ0v) is 11.1. The van der Waals surface area contributed by atoms with Crippen molar-refractivity contribution in [1.82, 2.24) is 4.98 Å². The minimum atomic E-state index is -0.647. The van der Waals surface area contributed by atoms with Crippen molar-refractivity contribution in [1.29, 1.82) is 5.26 Å². The number of benzene rings is 1. The number of halogens is 1. The summed E-state index contributed by atoms with van der Waals surface area (Å²) < 4.78 is 18.5. The van der Waals surface area contributed by atoms with E-state index in [-0.39, 0.29) is 28.3 Å². The molecule has 0 aliphatic heterocycles. The number of carbonyl (C=O) groups excluding carboxylic acids is 1. The Labute approximate surface area is 120 Å². The molecule has 0 spiro atoms. The molecule has 0 amide bonds. The number of nitrogen functional groups attached to an aromatic ring is 1. The van der Waals surface area contributed by atoms with Gasteiger partial charge in [0.25, 0.3) is 0 Å². The molecule has 1 heterocycles. The van der Waals surface area contributed by atoms with E-state index in [9.17, 15) is 9.18 Å². The summed E-state index contributed by atoms with van der Waals surface area (Å²) >= 11 is 0. The third-order valence-electron chi connectivity index (χ3n) is 2.67. The lowest BCUT2D eigenvalue weighted by atomic mass is 10.2. The number of aromatic nitrogens is 1. The average molecular weight is 286 g/mol. The number of pyridine rings is 1. The Morgan fingerprint density at radius 2 is 2.24 bits per heavy atom. The number of hydrogen-bond acceptors (Lipinski definition) is 6. The molecule has 0 radical (unpaired) electrons. The highest BCUT2D eigenvalue weighted by atomic mass is 19.1. The number of nitrogens with one attached hydrogen (secondary N) is 1. The Morgan fingerprint density at radius 3 is 2.86 bits per heavy atom. The zero-order chi connectivity index (χ0) is 15.4. The molecule has 1 aromatic heterocycles. The van der Waals surface area contributed by atoms with E-state index in [1.54, 1.807) is 0 Å². The summed E-state index contributed by atoms with van der Waals surface area (Å²) in [6.07, 6.45) is 1.33. The fourth-order valence-electron chi connectivity index (χ4n) is 1.66. The fourth-order valence-corrected chi connectivity index (χ4v) is 1.66. The van der Waals surface area contributed by atoms with Gasteiger partial charge in [0, 0.05) is 0 Å². The number of nitrogens with zero attached hydrogens (tertiary/aromatic N) is 2. The topological polar surface area (TPSA) is 101 Å². The van der Waals surface area contributed by atoms with Crippen molar-refractivity contribution in [3.05, 3.63) is 47.4 Å². The number of rotatable bonds is 3. The molecular formula is C14H11FN4O2. The van der Waals surface area contributed by atoms with Crippen molar-refractivity contribution in [3.63, 3.8) is 0 Å². The highest BCUT2D eigenvalue weighted by Crippen LogP contribution is 2.23. The minimum Gasteiger partial charge on any atom is -0.465 e. The van der Waals surface area contributed by atoms with Crippen LogP contribution in [0.5, 0.6) is 0 Å². The van der Waals surface area contributed by atoms with Crippen LogP contribution in [0, 0.1) is 17.1 Å². The van der Waals surface area contributed by atoms with Crippen LogP contribution in [0.3, 0.4) is 0 Å². The van der Waals surface area contributed by atoms with Crippen LogP contribution in [0.2, 0.25) is 0 Å². The quantitative estimate of drug-likeness (QED) is 0.839. The predicted octanol–water partition coefficient (Wildman–Crippen LogP) is 2.20. The summed E-state index contributed by atoms with van der Waals surface area (Å²) in [6.45, 7) is 0. The molecule has 0 saturated carbocycles. The summed E-state index contributed by atoms with van der Waals surface area (Å²) in [6, 6.07) is 7.12. The fraction of sp³-hybridized carbons (Fsp3) is 0.0714. The first-order valence-electron chi connectivity index (χ1n) is 5.85. The first-order valence-corrected chi connectivity index (χ1v) is 5.85. The van der Waals surface area contributed by atoms with Crippen LogP contribution in [0.4, 0.5) is 21.6 Å². The lowest BCUT2D eigenvalue weighted by molar-refractivity contribution is 0.0601. The lowest BCUT2D eigenvalue weighted by Gasteiger charge is -2.11. The van der Waals surface area contributed by atoms with E-state index in [0.29, 0.717) is 0 Å². The molecular weight excluding hydrogens is 275 g/mol. The largest absolute Gasteiger partial charge is 0.465 e. The number of esters is 1. The third kappa shape index (κ3) is 3.06. The number of methoxy groups -OCH3 is 1. The van der Waals surface area contributed by atoms with Crippen LogP contribution < -0.4 is 11.1 Å². The molecule has 21 heavy (non-hydrogen) atoms. The summed E-state index contributed by atoms with van der Waals surface area (Å²) in [5, 5.41) is 11.4. The van der Waals surface area contributed by atoms with Gasteiger partial charge in [-0.3, -0.25) is 0 Å². The van der Waals surface area contributed by atoms with E-state index in [0.717, 1.165) is 6.07 Å². The zero-order valence-electron chi connectivity index (χ0n) is 11.1. The summed E-state index contributed by atoms with van der Waals surface area (Å²) in [4.78, 5) is 15.6. The summed E-state index contributed by atoms with van der Waals surface area (Å²) in [5.74, 6) is -1.17. The second kappa shape index (κ2) is 5.88. The number of ether oxygens (including phenoxy) is 1. The molecule has 0 saturated heterocycles. The van der Waals surface area contributed by atoms with Gasteiger partial charge in [0.05, 0.1) is 36.3 Å². The van der Waals surface area contributed by atoms with Crippen LogP contribution in [0.25, 0.3) is 0 Å². The smallest absolute Gasteiger partial charge is 0.341 e. The SMILES string of the molecule is COC(=O)c1cc(N)cnc1Nc1ccc(C#N)cc1F. The van der Waals surface area contributed by atoms with E-state index >= 15 is 0 Å². The molecule has 106 valence electrons. The maximum atomic E-state index is 13.8. The average Bonchev–Trinajstić information content (AvgIpc) is 2.49. The summed E-state index contributed by atoms with van der Waals surface area (Å²) in [7, 11) is 1.22. The molecule has 0 bridgehead atoms. The van der Waals surface area contributed by atoms with Gasteiger partial charge in [-0.2, -0.15) is 5.26 Å². The van der Waals surface area contributed by atoms with E-state index in [2.05, 4.69) is 15.0 Å². The standard InChI is InChI=1S/C14H11FN4O2/c1-21-14(20)10-5-9(17)7-18-13(10)19-12-3-2-8(6-16)4-11(12)15/h2-5,7H,17H2,1H3,(H,18,19). The summed E-state index contributed by atoms with van der Waals surface area (Å²) in [5.41, 5.74) is 6.21. The third-order valence-corrected chi connectivity index (χ3v) is 2.67. The number of carbonyl (C=O) groups is 1. The molecule has 3 N–H and O–H groups in total. The van der Waals surface area contributed by atoms with Crippen LogP contribution in [-0.2, 0) is 4.74 Å². The van der Waals surface area contributed by atoms with Gasteiger partial charge in [0.15, 0.2) is 0 Å². The van der Waals surface area contributed by atoms with Gasteiger partial charge < -0.3 is 15.8 Å². The molecule has 6 nitrogen and oxygen atoms in total. The number of hydrogen-bond donors (Lipinski definition) is 2. The van der Waals surface area contributed by atoms with Crippen LogP contribution in [-0.4, -0.2) is 18.1 Å². The van der Waals surface area contributed by atoms with Gasteiger partial charge in [-0.1, -0.05) is 0 Å². The van der Waals surface area contributed by atoms with Crippen molar-refractivity contribution in [2.24, 2.45) is 0 Å². The van der Waals surface area contributed by atoms with Gasteiger partial charge in [0.1, 0.15) is 17.2 Å². The van der Waals surface area contributed by atoms with E-state index in [1.165, 1.54) is 31.5 Å². The van der Waals surface area contributed by atoms with E-state index in [4.69, 9.17) is 11.0 Å². The number of anilines is 3. The van der Waals surface area contributed by atoms with Gasteiger partial charge in [-0.05, 0) is 24.3 Å². The molecule has 0 aliphatic carbocycles. The number of nitrogens with two attached hydrogens (primary N) is 1. The predicted molar refractivity (Wildman–Crippen MR) is 74.4 cm³/mol. The monoisotopic (exact) mass is 286 g/mol. The highest BCUT2D eigenvalue weighted by Gasteiger charge is 2.15. The molecule has 2 rings (SSSR count). The molecule has 2 aromatic rings. The van der Waals surface area contributed by atoms with Crippen LogP contribution >= 0.6 is 0 Å². The van der Waals surface area contributed by atoms with Gasteiger partial charge in [-0.25, -0.2) is 14.2 Å². The number of nitriles is 1. The second-order valence-electron chi connectivity index (χ2n) is 4.09. The van der Waals surface area contributed by atoms with E-state index < -0.39 is 11.8 Å². The van der Waals surface area contributed by atoms with Gasteiger partial charge in [0.2, 0.25) is 0 Å². The molecule has 0 fully saturated rings. The van der Waals surface area contributed by atoms with Crippen molar-refractivity contribution in [3.8, 4) is 6.07 Å².